The van der Waals surface area contributed by atoms with Crippen molar-refractivity contribution in [3.8, 4) is 0 Å². The summed E-state index contributed by atoms with van der Waals surface area (Å²) in [5, 5.41) is 2.63. The molecule has 0 spiro atoms. The smallest absolute Gasteiger partial charge is 0.228 e. The van der Waals surface area contributed by atoms with Gasteiger partial charge in [0, 0.05) is 10.2 Å². The molecule has 0 saturated carbocycles. The van der Waals surface area contributed by atoms with E-state index in [1.165, 1.54) is 12.1 Å². The molecule has 5 heteroatoms. The first kappa shape index (κ1) is 13.5. The van der Waals surface area contributed by atoms with Crippen molar-refractivity contribution < 1.29 is 9.18 Å². The number of nitrogens with one attached hydrogen (secondary N) is 1. The second kappa shape index (κ2) is 5.84. The average molecular weight is 323 g/mol. The van der Waals surface area contributed by atoms with Crippen LogP contribution in [0.25, 0.3) is 0 Å². The van der Waals surface area contributed by atoms with Crippen molar-refractivity contribution in [2.45, 2.75) is 6.42 Å². The fourth-order valence-electron chi connectivity index (χ4n) is 1.60. The molecular weight excluding hydrogens is 311 g/mol. The van der Waals surface area contributed by atoms with Crippen LogP contribution in [0, 0.1) is 5.82 Å². The summed E-state index contributed by atoms with van der Waals surface area (Å²) in [4.78, 5) is 11.8. The highest BCUT2D eigenvalue weighted by atomic mass is 79.9. The van der Waals surface area contributed by atoms with Crippen molar-refractivity contribution in [1.29, 1.82) is 0 Å². The monoisotopic (exact) mass is 322 g/mol. The van der Waals surface area contributed by atoms with Gasteiger partial charge in [-0.3, -0.25) is 4.79 Å². The van der Waals surface area contributed by atoms with Crippen molar-refractivity contribution in [1.82, 2.24) is 0 Å². The molecular formula is C14H12BrFN2O. The minimum absolute atomic E-state index is 0.0610. The van der Waals surface area contributed by atoms with Crippen LogP contribution < -0.4 is 11.1 Å². The molecule has 0 aliphatic rings. The molecule has 0 fully saturated rings. The number of amides is 1. The average Bonchev–Trinajstić information content (AvgIpc) is 2.37. The first-order valence-corrected chi connectivity index (χ1v) is 6.43. The predicted molar refractivity (Wildman–Crippen MR) is 77.3 cm³/mol. The molecule has 0 aliphatic carbocycles. The molecule has 1 amide bonds. The number of rotatable bonds is 3. The van der Waals surface area contributed by atoms with Gasteiger partial charge in [0.05, 0.1) is 12.1 Å². The minimum Gasteiger partial charge on any atom is -0.396 e. The minimum atomic E-state index is -0.540. The van der Waals surface area contributed by atoms with E-state index in [4.69, 9.17) is 5.73 Å². The molecule has 0 saturated heterocycles. The van der Waals surface area contributed by atoms with Crippen molar-refractivity contribution in [2.24, 2.45) is 0 Å². The van der Waals surface area contributed by atoms with Crippen LogP contribution in [0.5, 0.6) is 0 Å². The van der Waals surface area contributed by atoms with E-state index < -0.39 is 5.82 Å². The Hall–Kier alpha value is -1.88. The zero-order valence-corrected chi connectivity index (χ0v) is 11.6. The second-order valence-electron chi connectivity index (χ2n) is 4.09. The number of anilines is 2. The van der Waals surface area contributed by atoms with Gasteiger partial charge in [0.2, 0.25) is 5.91 Å². The van der Waals surface area contributed by atoms with E-state index in [1.54, 1.807) is 6.07 Å². The summed E-state index contributed by atoms with van der Waals surface area (Å²) in [6.07, 6.45) is 0.235. The lowest BCUT2D eigenvalue weighted by atomic mass is 10.1. The fourth-order valence-corrected chi connectivity index (χ4v) is 1.86. The SMILES string of the molecule is Nc1ccc(NC(=O)Cc2ccc(Br)cc2)cc1F. The molecule has 0 aliphatic heterocycles. The molecule has 0 aromatic heterocycles. The van der Waals surface area contributed by atoms with E-state index in [2.05, 4.69) is 21.2 Å². The zero-order valence-electron chi connectivity index (χ0n) is 9.99. The van der Waals surface area contributed by atoms with Crippen molar-refractivity contribution in [3.05, 3.63) is 58.3 Å². The van der Waals surface area contributed by atoms with Crippen LogP contribution in [-0.4, -0.2) is 5.91 Å². The van der Waals surface area contributed by atoms with Crippen LogP contribution in [-0.2, 0) is 11.2 Å². The Morgan fingerprint density at radius 1 is 1.21 bits per heavy atom. The van der Waals surface area contributed by atoms with Crippen molar-refractivity contribution in [3.63, 3.8) is 0 Å². The lowest BCUT2D eigenvalue weighted by molar-refractivity contribution is -0.115. The van der Waals surface area contributed by atoms with Crippen LogP contribution in [0.15, 0.2) is 46.9 Å². The number of carbonyl (C=O) groups excluding carboxylic acids is 1. The third-order valence-corrected chi connectivity index (χ3v) is 3.09. The number of nitrogens with two attached hydrogens (primary N) is 1. The molecule has 0 unspecified atom stereocenters. The van der Waals surface area contributed by atoms with E-state index >= 15 is 0 Å². The van der Waals surface area contributed by atoms with Crippen molar-refractivity contribution in [2.75, 3.05) is 11.1 Å². The summed E-state index contributed by atoms with van der Waals surface area (Å²) in [7, 11) is 0. The third kappa shape index (κ3) is 3.79. The Morgan fingerprint density at radius 2 is 1.89 bits per heavy atom. The van der Waals surface area contributed by atoms with E-state index in [-0.39, 0.29) is 18.0 Å². The molecule has 0 atom stereocenters. The zero-order chi connectivity index (χ0) is 13.8. The standard InChI is InChI=1S/C14H12BrFN2O/c15-10-3-1-9(2-4-10)7-14(19)18-11-5-6-13(17)12(16)8-11/h1-6,8H,7,17H2,(H,18,19). The van der Waals surface area contributed by atoms with Gasteiger partial charge in [0.25, 0.3) is 0 Å². The number of carbonyl (C=O) groups is 1. The maximum atomic E-state index is 13.2. The van der Waals surface area contributed by atoms with Crippen LogP contribution in [0.2, 0.25) is 0 Å². The number of hydrogen-bond acceptors (Lipinski definition) is 2. The molecule has 19 heavy (non-hydrogen) atoms. The molecule has 3 N–H and O–H groups in total. The van der Waals surface area contributed by atoms with Gasteiger partial charge in [-0.15, -0.1) is 0 Å². The van der Waals surface area contributed by atoms with Gasteiger partial charge in [-0.25, -0.2) is 4.39 Å². The normalized spacial score (nSPS) is 10.2. The summed E-state index contributed by atoms with van der Waals surface area (Å²) in [6, 6.07) is 11.6. The lowest BCUT2D eigenvalue weighted by Gasteiger charge is -2.06. The Kier molecular flexibility index (Phi) is 4.16. The van der Waals surface area contributed by atoms with Crippen LogP contribution in [0.3, 0.4) is 0 Å². The largest absolute Gasteiger partial charge is 0.396 e. The Balaban J connectivity index is 2.01. The summed E-state index contributed by atoms with van der Waals surface area (Å²) >= 11 is 3.33. The van der Waals surface area contributed by atoms with E-state index in [0.717, 1.165) is 10.0 Å². The number of benzene rings is 2. The Morgan fingerprint density at radius 3 is 2.53 bits per heavy atom. The van der Waals surface area contributed by atoms with Gasteiger partial charge >= 0.3 is 0 Å². The first-order valence-electron chi connectivity index (χ1n) is 5.64. The molecule has 0 radical (unpaired) electrons. The molecule has 3 nitrogen and oxygen atoms in total. The van der Waals surface area contributed by atoms with Gasteiger partial charge in [-0.1, -0.05) is 28.1 Å². The van der Waals surface area contributed by atoms with E-state index in [0.29, 0.717) is 5.69 Å². The first-order chi connectivity index (χ1) is 9.04. The molecule has 0 heterocycles. The van der Waals surface area contributed by atoms with Crippen molar-refractivity contribution >= 4 is 33.2 Å². The maximum absolute atomic E-state index is 13.2. The molecule has 2 rings (SSSR count). The highest BCUT2D eigenvalue weighted by Crippen LogP contribution is 2.16. The maximum Gasteiger partial charge on any atom is 0.228 e. The highest BCUT2D eigenvalue weighted by Gasteiger charge is 2.06. The number of halogens is 2. The van der Waals surface area contributed by atoms with Gasteiger partial charge in [-0.2, -0.15) is 0 Å². The summed E-state index contributed by atoms with van der Waals surface area (Å²) in [6.45, 7) is 0. The van der Waals surface area contributed by atoms with Crippen LogP contribution >= 0.6 is 15.9 Å². The third-order valence-electron chi connectivity index (χ3n) is 2.56. The summed E-state index contributed by atoms with van der Waals surface area (Å²) < 4.78 is 14.2. The number of hydrogen-bond donors (Lipinski definition) is 2. The van der Waals surface area contributed by atoms with Crippen LogP contribution in [0.1, 0.15) is 5.56 Å². The highest BCUT2D eigenvalue weighted by molar-refractivity contribution is 9.10. The quantitative estimate of drug-likeness (QED) is 0.851. The fraction of sp³-hybridized carbons (Fsp3) is 0.0714. The molecule has 0 bridgehead atoms. The summed E-state index contributed by atoms with van der Waals surface area (Å²) in [5.74, 6) is -0.743. The Bertz CT molecular complexity index is 599. The Labute approximate surface area is 118 Å². The molecule has 98 valence electrons. The second-order valence-corrected chi connectivity index (χ2v) is 5.00. The van der Waals surface area contributed by atoms with Gasteiger partial charge in [0.1, 0.15) is 5.82 Å². The van der Waals surface area contributed by atoms with Gasteiger partial charge in [0.15, 0.2) is 0 Å². The lowest BCUT2D eigenvalue weighted by Crippen LogP contribution is -2.14. The molecule has 2 aromatic rings. The number of nitrogen functional groups attached to an aromatic ring is 1. The van der Waals surface area contributed by atoms with Gasteiger partial charge < -0.3 is 11.1 Å². The van der Waals surface area contributed by atoms with Crippen LogP contribution in [0.4, 0.5) is 15.8 Å². The summed E-state index contributed by atoms with van der Waals surface area (Å²) in [5.41, 5.74) is 6.71. The van der Waals surface area contributed by atoms with E-state index in [1.807, 2.05) is 24.3 Å². The van der Waals surface area contributed by atoms with Gasteiger partial charge in [-0.05, 0) is 35.9 Å². The topological polar surface area (TPSA) is 55.1 Å². The molecule has 2 aromatic carbocycles. The predicted octanol–water partition coefficient (Wildman–Crippen LogP) is 3.35. The van der Waals surface area contributed by atoms with E-state index in [9.17, 15) is 9.18 Å².